The number of anilines is 1. The van der Waals surface area contributed by atoms with Crippen molar-refractivity contribution in [1.82, 2.24) is 4.90 Å². The number of hydrogen-bond acceptors (Lipinski definition) is 6. The first-order chi connectivity index (χ1) is 14.5. The molecule has 2 aliphatic heterocycles. The Labute approximate surface area is 176 Å². The largest absolute Gasteiger partial charge is 0.452 e. The highest BCUT2D eigenvalue weighted by Gasteiger charge is 2.33. The number of ether oxygens (including phenoxy) is 1. The number of rotatable bonds is 5. The fourth-order valence-electron chi connectivity index (χ4n) is 5.16. The minimum Gasteiger partial charge on any atom is -0.452 e. The molecule has 30 heavy (non-hydrogen) atoms. The molecule has 8 nitrogen and oxygen atoms in total. The van der Waals surface area contributed by atoms with Gasteiger partial charge in [-0.05, 0) is 43.6 Å². The Morgan fingerprint density at radius 3 is 2.50 bits per heavy atom. The van der Waals surface area contributed by atoms with Gasteiger partial charge in [0.15, 0.2) is 6.61 Å². The molecule has 1 saturated carbocycles. The Kier molecular flexibility index (Phi) is 6.20. The normalized spacial score (nSPS) is 23.7. The maximum Gasteiger partial charge on any atom is 0.341 e. The summed E-state index contributed by atoms with van der Waals surface area (Å²) < 4.78 is 5.33. The third kappa shape index (κ3) is 4.42. The van der Waals surface area contributed by atoms with Crippen LogP contribution in [0.25, 0.3) is 0 Å². The molecule has 2 heterocycles. The lowest BCUT2D eigenvalue weighted by molar-refractivity contribution is -0.384. The lowest BCUT2D eigenvalue weighted by Gasteiger charge is -2.41. The summed E-state index contributed by atoms with van der Waals surface area (Å²) in [6.45, 7) is 2.74. The summed E-state index contributed by atoms with van der Waals surface area (Å²) in [5, 5.41) is 11.2. The Hall–Kier alpha value is -2.64. The molecule has 0 radical (unpaired) electrons. The Morgan fingerprint density at radius 1 is 1.03 bits per heavy atom. The van der Waals surface area contributed by atoms with E-state index in [-0.39, 0.29) is 23.8 Å². The summed E-state index contributed by atoms with van der Waals surface area (Å²) in [6, 6.07) is 4.27. The van der Waals surface area contributed by atoms with Gasteiger partial charge < -0.3 is 14.5 Å². The molecule has 0 bridgehead atoms. The highest BCUT2D eigenvalue weighted by Crippen LogP contribution is 2.36. The number of hydrogen-bond donors (Lipinski definition) is 0. The lowest BCUT2D eigenvalue weighted by atomic mass is 9.75. The standard InChI is InChI=1S/C22H29N3O5/c26-21(24-12-9-16-5-1-2-6-17(16)14-24)15-30-22(27)19-13-18(25(28)29)7-8-20(19)23-10-3-4-11-23/h7-8,13,16-17H,1-6,9-12,14-15H2/t16-,17-/m1/s1. The zero-order chi connectivity index (χ0) is 21.1. The number of piperidine rings is 1. The van der Waals surface area contributed by atoms with Gasteiger partial charge in [-0.3, -0.25) is 14.9 Å². The fraction of sp³-hybridized carbons (Fsp3) is 0.636. The van der Waals surface area contributed by atoms with Crippen LogP contribution in [0.4, 0.5) is 11.4 Å². The van der Waals surface area contributed by atoms with Crippen LogP contribution in [0.3, 0.4) is 0 Å². The lowest BCUT2D eigenvalue weighted by Crippen LogP contribution is -2.46. The van der Waals surface area contributed by atoms with Crippen molar-refractivity contribution >= 4 is 23.3 Å². The number of benzene rings is 1. The van der Waals surface area contributed by atoms with Crippen molar-refractivity contribution in [2.75, 3.05) is 37.7 Å². The number of esters is 1. The van der Waals surface area contributed by atoms with Crippen molar-refractivity contribution in [2.45, 2.75) is 44.9 Å². The van der Waals surface area contributed by atoms with E-state index in [1.54, 1.807) is 6.07 Å². The van der Waals surface area contributed by atoms with E-state index in [2.05, 4.69) is 0 Å². The second kappa shape index (κ2) is 9.02. The summed E-state index contributed by atoms with van der Waals surface area (Å²) >= 11 is 0. The monoisotopic (exact) mass is 415 g/mol. The van der Waals surface area contributed by atoms with Crippen LogP contribution in [0.1, 0.15) is 55.3 Å². The molecule has 1 aliphatic carbocycles. The summed E-state index contributed by atoms with van der Waals surface area (Å²) in [7, 11) is 0. The number of carbonyl (C=O) groups is 2. The molecule has 2 atom stereocenters. The summed E-state index contributed by atoms with van der Waals surface area (Å²) in [6.07, 6.45) is 7.99. The molecular formula is C22H29N3O5. The molecule has 1 aromatic carbocycles. The van der Waals surface area contributed by atoms with Gasteiger partial charge in [-0.15, -0.1) is 0 Å². The first-order valence-corrected chi connectivity index (χ1v) is 11.0. The Bertz CT molecular complexity index is 821. The van der Waals surface area contributed by atoms with Gasteiger partial charge in [0.2, 0.25) is 0 Å². The quantitative estimate of drug-likeness (QED) is 0.416. The molecule has 4 rings (SSSR count). The number of non-ortho nitro benzene ring substituents is 1. The molecule has 1 aromatic rings. The molecule has 8 heteroatoms. The van der Waals surface area contributed by atoms with E-state index in [0.29, 0.717) is 18.2 Å². The second-order valence-electron chi connectivity index (χ2n) is 8.66. The van der Waals surface area contributed by atoms with Crippen LogP contribution in [0.5, 0.6) is 0 Å². The van der Waals surface area contributed by atoms with E-state index in [0.717, 1.165) is 44.8 Å². The zero-order valence-corrected chi connectivity index (χ0v) is 17.3. The predicted octanol–water partition coefficient (Wildman–Crippen LogP) is 3.39. The Morgan fingerprint density at radius 2 is 1.77 bits per heavy atom. The van der Waals surface area contributed by atoms with Gasteiger partial charge in [-0.2, -0.15) is 0 Å². The van der Waals surface area contributed by atoms with Crippen LogP contribution in [0, 0.1) is 22.0 Å². The number of nitro benzene ring substituents is 1. The highest BCUT2D eigenvalue weighted by atomic mass is 16.6. The number of carbonyl (C=O) groups excluding carboxylic acids is 2. The van der Waals surface area contributed by atoms with E-state index < -0.39 is 10.9 Å². The third-order valence-corrected chi connectivity index (χ3v) is 6.83. The minimum absolute atomic E-state index is 0.157. The number of fused-ring (bicyclic) bond motifs is 1. The van der Waals surface area contributed by atoms with Gasteiger partial charge >= 0.3 is 5.97 Å². The smallest absolute Gasteiger partial charge is 0.341 e. The second-order valence-corrected chi connectivity index (χ2v) is 8.66. The van der Waals surface area contributed by atoms with Crippen molar-refractivity contribution < 1.29 is 19.2 Å². The van der Waals surface area contributed by atoms with Crippen molar-refractivity contribution in [1.29, 1.82) is 0 Å². The van der Waals surface area contributed by atoms with E-state index >= 15 is 0 Å². The molecule has 0 N–H and O–H groups in total. The summed E-state index contributed by atoms with van der Waals surface area (Å²) in [4.78, 5) is 39.9. The molecule has 0 spiro atoms. The molecule has 2 saturated heterocycles. The number of amides is 1. The third-order valence-electron chi connectivity index (χ3n) is 6.83. The zero-order valence-electron chi connectivity index (χ0n) is 17.3. The molecule has 3 aliphatic rings. The maximum absolute atomic E-state index is 12.8. The molecule has 0 unspecified atom stereocenters. The van der Waals surface area contributed by atoms with Gasteiger partial charge in [0.25, 0.3) is 11.6 Å². The van der Waals surface area contributed by atoms with E-state index in [9.17, 15) is 19.7 Å². The van der Waals surface area contributed by atoms with Gasteiger partial charge in [-0.25, -0.2) is 4.79 Å². The SMILES string of the molecule is O=C(OCC(=O)N1CC[C@H]2CCCC[C@@H]2C1)c1cc([N+](=O)[O-])ccc1N1CCCC1. The molecule has 0 aromatic heterocycles. The van der Waals surface area contributed by atoms with Crippen LogP contribution in [-0.2, 0) is 9.53 Å². The van der Waals surface area contributed by atoms with Crippen LogP contribution < -0.4 is 4.90 Å². The van der Waals surface area contributed by atoms with Crippen LogP contribution >= 0.6 is 0 Å². The van der Waals surface area contributed by atoms with Crippen molar-refractivity contribution in [3.05, 3.63) is 33.9 Å². The molecule has 162 valence electrons. The minimum atomic E-state index is -0.679. The van der Waals surface area contributed by atoms with Crippen LogP contribution in [0.2, 0.25) is 0 Å². The number of nitrogens with zero attached hydrogens (tertiary/aromatic N) is 3. The highest BCUT2D eigenvalue weighted by molar-refractivity contribution is 5.97. The molecule has 1 amide bonds. The van der Waals surface area contributed by atoms with Crippen LogP contribution in [-0.4, -0.2) is 54.5 Å². The van der Waals surface area contributed by atoms with E-state index in [1.165, 1.54) is 37.8 Å². The molecule has 3 fully saturated rings. The fourth-order valence-corrected chi connectivity index (χ4v) is 5.16. The van der Waals surface area contributed by atoms with Gasteiger partial charge in [-0.1, -0.05) is 19.3 Å². The first kappa shape index (κ1) is 20.6. The number of likely N-dealkylation sites (tertiary alicyclic amines) is 1. The molecular weight excluding hydrogens is 386 g/mol. The Balaban J connectivity index is 1.41. The number of nitro groups is 1. The van der Waals surface area contributed by atoms with Crippen LogP contribution in [0.15, 0.2) is 18.2 Å². The van der Waals surface area contributed by atoms with Gasteiger partial charge in [0.1, 0.15) is 0 Å². The maximum atomic E-state index is 12.8. The van der Waals surface area contributed by atoms with E-state index in [4.69, 9.17) is 4.74 Å². The predicted molar refractivity (Wildman–Crippen MR) is 111 cm³/mol. The van der Waals surface area contributed by atoms with E-state index in [1.807, 2.05) is 9.80 Å². The average molecular weight is 415 g/mol. The topological polar surface area (TPSA) is 93.0 Å². The average Bonchev–Trinajstić information content (AvgIpc) is 3.31. The van der Waals surface area contributed by atoms with Crippen molar-refractivity contribution in [3.63, 3.8) is 0 Å². The van der Waals surface area contributed by atoms with Gasteiger partial charge in [0, 0.05) is 38.3 Å². The summed E-state index contributed by atoms with van der Waals surface area (Å²) in [5.74, 6) is 0.422. The van der Waals surface area contributed by atoms with Crippen molar-refractivity contribution in [3.8, 4) is 0 Å². The van der Waals surface area contributed by atoms with Gasteiger partial charge in [0.05, 0.1) is 16.2 Å². The first-order valence-electron chi connectivity index (χ1n) is 11.0. The summed E-state index contributed by atoms with van der Waals surface area (Å²) in [5.41, 5.74) is 0.638. The van der Waals surface area contributed by atoms with Crippen molar-refractivity contribution in [2.24, 2.45) is 11.8 Å².